The molecule has 2 aliphatic heterocycles. The second kappa shape index (κ2) is 8.59. The van der Waals surface area contributed by atoms with Gasteiger partial charge in [-0.3, -0.25) is 9.59 Å². The largest absolute Gasteiger partial charge is 0.496 e. The van der Waals surface area contributed by atoms with E-state index in [1.54, 1.807) is 7.11 Å². The topological polar surface area (TPSA) is 49.9 Å². The molecular weight excluding hydrogens is 340 g/mol. The van der Waals surface area contributed by atoms with Crippen molar-refractivity contribution in [3.05, 3.63) is 41.5 Å². The summed E-state index contributed by atoms with van der Waals surface area (Å²) in [6.07, 6.45) is 5.21. The monoisotopic (exact) mass is 370 g/mol. The molecule has 0 spiro atoms. The average molecular weight is 370 g/mol. The van der Waals surface area contributed by atoms with Crippen LogP contribution in [0.15, 0.2) is 35.9 Å². The lowest BCUT2D eigenvalue weighted by Gasteiger charge is -2.47. The van der Waals surface area contributed by atoms with Crippen LogP contribution in [0.3, 0.4) is 0 Å². The van der Waals surface area contributed by atoms with Crippen LogP contribution >= 0.6 is 0 Å². The number of methoxy groups -OCH3 is 1. The van der Waals surface area contributed by atoms with Crippen LogP contribution in [0.5, 0.6) is 5.75 Å². The molecular formula is C22H30N2O3. The van der Waals surface area contributed by atoms with E-state index in [1.807, 2.05) is 54.0 Å². The number of nitrogens with zero attached hydrogens (tertiary/aromatic N) is 2. The molecule has 0 unspecified atom stereocenters. The van der Waals surface area contributed by atoms with Crippen molar-refractivity contribution in [2.24, 2.45) is 5.92 Å². The Morgan fingerprint density at radius 3 is 2.74 bits per heavy atom. The number of para-hydroxylation sites is 1. The number of allylic oxidation sites excluding steroid dienone is 1. The van der Waals surface area contributed by atoms with E-state index in [-0.39, 0.29) is 17.9 Å². The number of rotatable bonds is 4. The minimum absolute atomic E-state index is 0.144. The predicted octanol–water partition coefficient (Wildman–Crippen LogP) is 3.04. The maximum atomic E-state index is 12.9. The number of carbonyl (C=O) groups excluding carboxylic acids is 2. The van der Waals surface area contributed by atoms with Crippen LogP contribution in [0, 0.1) is 5.92 Å². The summed E-state index contributed by atoms with van der Waals surface area (Å²) in [6, 6.07) is 7.95. The summed E-state index contributed by atoms with van der Waals surface area (Å²) in [5.41, 5.74) is 1.74. The second-order valence-electron chi connectivity index (χ2n) is 7.56. The molecule has 2 aliphatic rings. The fourth-order valence-electron chi connectivity index (χ4n) is 4.36. The molecule has 1 aromatic carbocycles. The van der Waals surface area contributed by atoms with Gasteiger partial charge in [0.2, 0.25) is 11.8 Å². The Hall–Kier alpha value is -2.30. The third-order valence-electron chi connectivity index (χ3n) is 5.99. The highest BCUT2D eigenvalue weighted by molar-refractivity contribution is 5.93. The Bertz CT molecular complexity index is 728. The Morgan fingerprint density at radius 2 is 2.00 bits per heavy atom. The third kappa shape index (κ3) is 4.18. The van der Waals surface area contributed by atoms with Crippen molar-refractivity contribution >= 4 is 11.8 Å². The molecule has 27 heavy (non-hydrogen) atoms. The number of piperidine rings is 2. The molecule has 0 radical (unpaired) electrons. The van der Waals surface area contributed by atoms with Crippen LogP contribution in [-0.4, -0.2) is 54.4 Å². The van der Waals surface area contributed by atoms with E-state index in [1.165, 1.54) is 0 Å². The van der Waals surface area contributed by atoms with E-state index in [4.69, 9.17) is 4.74 Å². The van der Waals surface area contributed by atoms with Crippen molar-refractivity contribution in [3.8, 4) is 5.75 Å². The molecule has 2 atom stereocenters. The summed E-state index contributed by atoms with van der Waals surface area (Å²) in [5.74, 6) is 1.44. The van der Waals surface area contributed by atoms with Crippen molar-refractivity contribution < 1.29 is 14.3 Å². The van der Waals surface area contributed by atoms with Crippen LogP contribution in [0.4, 0.5) is 0 Å². The van der Waals surface area contributed by atoms with Gasteiger partial charge in [-0.2, -0.15) is 0 Å². The molecule has 2 saturated heterocycles. The number of hydrogen-bond donors (Lipinski definition) is 0. The maximum absolute atomic E-state index is 12.9. The van der Waals surface area contributed by atoms with E-state index < -0.39 is 0 Å². The zero-order chi connectivity index (χ0) is 19.4. The molecule has 0 aromatic heterocycles. The SMILES string of the molecule is C/C=C(\C)C(=O)N1CCC[C@@H]2CN(C(=O)Cc3ccccc3OC)CC[C@H]21. The molecule has 0 saturated carbocycles. The van der Waals surface area contributed by atoms with Crippen LogP contribution in [-0.2, 0) is 16.0 Å². The van der Waals surface area contributed by atoms with Gasteiger partial charge in [0.25, 0.3) is 0 Å². The number of amides is 2. The van der Waals surface area contributed by atoms with Crippen LogP contribution in [0.2, 0.25) is 0 Å². The summed E-state index contributed by atoms with van der Waals surface area (Å²) in [4.78, 5) is 29.6. The highest BCUT2D eigenvalue weighted by Crippen LogP contribution is 2.32. The minimum Gasteiger partial charge on any atom is -0.496 e. The van der Waals surface area contributed by atoms with Crippen molar-refractivity contribution in [2.75, 3.05) is 26.7 Å². The third-order valence-corrected chi connectivity index (χ3v) is 5.99. The van der Waals surface area contributed by atoms with E-state index in [0.29, 0.717) is 18.9 Å². The Labute approximate surface area is 162 Å². The summed E-state index contributed by atoms with van der Waals surface area (Å²) >= 11 is 0. The van der Waals surface area contributed by atoms with Gasteiger partial charge in [0.05, 0.1) is 13.5 Å². The van der Waals surface area contributed by atoms with Crippen molar-refractivity contribution in [2.45, 2.75) is 45.6 Å². The van der Waals surface area contributed by atoms with Gasteiger partial charge in [-0.25, -0.2) is 0 Å². The molecule has 0 N–H and O–H groups in total. The van der Waals surface area contributed by atoms with Gasteiger partial charge in [0.1, 0.15) is 5.75 Å². The first kappa shape index (κ1) is 19.5. The first-order chi connectivity index (χ1) is 13.0. The maximum Gasteiger partial charge on any atom is 0.249 e. The van der Waals surface area contributed by atoms with Gasteiger partial charge in [-0.15, -0.1) is 0 Å². The molecule has 146 valence electrons. The fraction of sp³-hybridized carbons (Fsp3) is 0.545. The second-order valence-corrected chi connectivity index (χ2v) is 7.56. The molecule has 2 fully saturated rings. The van der Waals surface area contributed by atoms with E-state index >= 15 is 0 Å². The Morgan fingerprint density at radius 1 is 1.22 bits per heavy atom. The van der Waals surface area contributed by atoms with Gasteiger partial charge in [-0.1, -0.05) is 24.3 Å². The van der Waals surface area contributed by atoms with Gasteiger partial charge < -0.3 is 14.5 Å². The van der Waals surface area contributed by atoms with Crippen LogP contribution < -0.4 is 4.74 Å². The molecule has 5 nitrogen and oxygen atoms in total. The number of benzene rings is 1. The average Bonchev–Trinajstić information content (AvgIpc) is 2.72. The summed E-state index contributed by atoms with van der Waals surface area (Å²) < 4.78 is 5.37. The first-order valence-corrected chi connectivity index (χ1v) is 9.88. The molecule has 1 aromatic rings. The molecule has 3 rings (SSSR count). The lowest BCUT2D eigenvalue weighted by Crippen LogP contribution is -2.57. The van der Waals surface area contributed by atoms with Crippen LogP contribution in [0.1, 0.15) is 38.7 Å². The minimum atomic E-state index is 0.144. The summed E-state index contributed by atoms with van der Waals surface area (Å²) in [7, 11) is 1.63. The molecule has 2 heterocycles. The predicted molar refractivity (Wildman–Crippen MR) is 106 cm³/mol. The van der Waals surface area contributed by atoms with Crippen molar-refractivity contribution in [1.82, 2.24) is 9.80 Å². The lowest BCUT2D eigenvalue weighted by molar-refractivity contribution is -0.138. The number of ether oxygens (including phenoxy) is 1. The lowest BCUT2D eigenvalue weighted by atomic mass is 9.83. The van der Waals surface area contributed by atoms with E-state index in [9.17, 15) is 9.59 Å². The zero-order valence-electron chi connectivity index (χ0n) is 16.6. The van der Waals surface area contributed by atoms with Gasteiger partial charge >= 0.3 is 0 Å². The van der Waals surface area contributed by atoms with E-state index in [2.05, 4.69) is 0 Å². The van der Waals surface area contributed by atoms with Gasteiger partial charge in [0.15, 0.2) is 0 Å². The van der Waals surface area contributed by atoms with Gasteiger partial charge in [0, 0.05) is 36.8 Å². The molecule has 5 heteroatoms. The smallest absolute Gasteiger partial charge is 0.249 e. The summed E-state index contributed by atoms with van der Waals surface area (Å²) in [6.45, 7) is 6.09. The van der Waals surface area contributed by atoms with Crippen molar-refractivity contribution in [1.29, 1.82) is 0 Å². The Kier molecular flexibility index (Phi) is 6.19. The summed E-state index contributed by atoms with van der Waals surface area (Å²) in [5, 5.41) is 0. The first-order valence-electron chi connectivity index (χ1n) is 9.88. The standard InChI is InChI=1S/C22H30N2O3/c1-4-16(2)22(26)24-12-7-9-18-15-23(13-11-19(18)24)21(25)14-17-8-5-6-10-20(17)27-3/h4-6,8,10,18-19H,7,9,11-15H2,1-3H3/b16-4+/t18-,19-/m1/s1. The number of likely N-dealkylation sites (tertiary alicyclic amines) is 2. The normalized spacial score (nSPS) is 23.0. The number of hydrogen-bond acceptors (Lipinski definition) is 3. The van der Waals surface area contributed by atoms with E-state index in [0.717, 1.165) is 49.2 Å². The number of fused-ring (bicyclic) bond motifs is 1. The highest BCUT2D eigenvalue weighted by Gasteiger charge is 2.39. The van der Waals surface area contributed by atoms with Crippen molar-refractivity contribution in [3.63, 3.8) is 0 Å². The fourth-order valence-corrected chi connectivity index (χ4v) is 4.36. The van der Waals surface area contributed by atoms with Crippen LogP contribution in [0.25, 0.3) is 0 Å². The molecule has 0 aliphatic carbocycles. The van der Waals surface area contributed by atoms with Gasteiger partial charge in [-0.05, 0) is 45.1 Å². The quantitative estimate of drug-likeness (QED) is 0.766. The number of carbonyl (C=O) groups is 2. The highest BCUT2D eigenvalue weighted by atomic mass is 16.5. The zero-order valence-corrected chi connectivity index (χ0v) is 16.6. The molecule has 2 amide bonds. The molecule has 0 bridgehead atoms. The Balaban J connectivity index is 1.65.